The highest BCUT2D eigenvalue weighted by atomic mass is 32.2. The summed E-state index contributed by atoms with van der Waals surface area (Å²) in [5.41, 5.74) is 0.987. The van der Waals surface area contributed by atoms with Gasteiger partial charge in [0.25, 0.3) is 5.91 Å². The number of Topliss-reactive ketones (excluding diaryl/α,β-unsaturated/α-hetero) is 1. The third-order valence-corrected chi connectivity index (χ3v) is 5.77. The number of likely N-dealkylation sites (tertiary alicyclic amines) is 1. The molecule has 0 radical (unpaired) electrons. The number of benzene rings is 1. The summed E-state index contributed by atoms with van der Waals surface area (Å²) in [6, 6.07) is 6.59. The standard InChI is InChI=1S/C19H24N2O4S2/c1-13-6-8-21(9-7-13)19(26)27-12-18(24)25-11-17(23)20-16-5-3-4-15(10-16)14(2)22/h3-5,10,13H,6-9,11-12H2,1-2H3,(H,20,23). The number of carbonyl (C=O) groups excluding carboxylic acids is 3. The van der Waals surface area contributed by atoms with Gasteiger partial charge >= 0.3 is 5.97 Å². The second kappa shape index (κ2) is 10.4. The van der Waals surface area contributed by atoms with Crippen molar-refractivity contribution in [3.05, 3.63) is 29.8 Å². The topological polar surface area (TPSA) is 75.7 Å². The van der Waals surface area contributed by atoms with Crippen LogP contribution in [0, 0.1) is 5.92 Å². The van der Waals surface area contributed by atoms with E-state index in [0.29, 0.717) is 21.5 Å². The minimum Gasteiger partial charge on any atom is -0.455 e. The molecule has 8 heteroatoms. The van der Waals surface area contributed by atoms with E-state index < -0.39 is 11.9 Å². The van der Waals surface area contributed by atoms with Gasteiger partial charge in [-0.3, -0.25) is 14.4 Å². The van der Waals surface area contributed by atoms with Gasteiger partial charge in [0.05, 0.1) is 5.75 Å². The highest BCUT2D eigenvalue weighted by Crippen LogP contribution is 2.20. The van der Waals surface area contributed by atoms with Crippen LogP contribution in [0.3, 0.4) is 0 Å². The molecule has 0 bridgehead atoms. The molecule has 0 spiro atoms. The van der Waals surface area contributed by atoms with E-state index >= 15 is 0 Å². The first kappa shape index (κ1) is 21.4. The number of hydrogen-bond donors (Lipinski definition) is 1. The zero-order chi connectivity index (χ0) is 19.8. The maximum absolute atomic E-state index is 11.9. The van der Waals surface area contributed by atoms with Crippen molar-refractivity contribution >= 4 is 51.6 Å². The summed E-state index contributed by atoms with van der Waals surface area (Å²) < 4.78 is 5.69. The number of ketones is 1. The second-order valence-electron chi connectivity index (χ2n) is 6.57. The van der Waals surface area contributed by atoms with Crippen LogP contribution < -0.4 is 5.32 Å². The Balaban J connectivity index is 1.69. The summed E-state index contributed by atoms with van der Waals surface area (Å²) >= 11 is 6.63. The molecule has 146 valence electrons. The zero-order valence-corrected chi connectivity index (χ0v) is 17.2. The van der Waals surface area contributed by atoms with Crippen molar-refractivity contribution in [1.29, 1.82) is 0 Å². The Morgan fingerprint density at radius 1 is 1.30 bits per heavy atom. The summed E-state index contributed by atoms with van der Waals surface area (Å²) in [4.78, 5) is 37.2. The molecule has 1 saturated heterocycles. The van der Waals surface area contributed by atoms with Gasteiger partial charge < -0.3 is 15.0 Å². The molecule has 1 N–H and O–H groups in total. The second-order valence-corrected chi connectivity index (χ2v) is 8.18. The average Bonchev–Trinajstić information content (AvgIpc) is 2.65. The van der Waals surface area contributed by atoms with E-state index in [2.05, 4.69) is 17.1 Å². The first-order valence-electron chi connectivity index (χ1n) is 8.83. The van der Waals surface area contributed by atoms with E-state index in [1.165, 1.54) is 18.7 Å². The Morgan fingerprint density at radius 3 is 2.67 bits per heavy atom. The van der Waals surface area contributed by atoms with Crippen LogP contribution in [0.5, 0.6) is 0 Å². The Hall–Kier alpha value is -1.93. The van der Waals surface area contributed by atoms with Crippen LogP contribution >= 0.6 is 24.0 Å². The van der Waals surface area contributed by atoms with E-state index in [-0.39, 0.29) is 18.1 Å². The van der Waals surface area contributed by atoms with Gasteiger partial charge in [0.1, 0.15) is 4.32 Å². The number of rotatable bonds is 6. The summed E-state index contributed by atoms with van der Waals surface area (Å²) in [6.07, 6.45) is 2.21. The summed E-state index contributed by atoms with van der Waals surface area (Å²) in [5, 5.41) is 2.60. The Morgan fingerprint density at radius 2 is 2.00 bits per heavy atom. The molecule has 1 heterocycles. The van der Waals surface area contributed by atoms with E-state index in [9.17, 15) is 14.4 Å². The predicted molar refractivity (Wildman–Crippen MR) is 111 cm³/mol. The maximum atomic E-state index is 11.9. The van der Waals surface area contributed by atoms with Crippen LogP contribution in [0.4, 0.5) is 5.69 Å². The highest BCUT2D eigenvalue weighted by molar-refractivity contribution is 8.23. The average molecular weight is 409 g/mol. The monoisotopic (exact) mass is 408 g/mol. The molecule has 0 aliphatic carbocycles. The number of piperidine rings is 1. The molecular weight excluding hydrogens is 384 g/mol. The Kier molecular flexibility index (Phi) is 8.24. The third kappa shape index (κ3) is 7.30. The SMILES string of the molecule is CC(=O)c1cccc(NC(=O)COC(=O)CSC(=S)N2CCC(C)CC2)c1. The van der Waals surface area contributed by atoms with E-state index in [1.807, 2.05) is 0 Å². The number of thioether (sulfide) groups is 1. The first-order valence-corrected chi connectivity index (χ1v) is 10.2. The summed E-state index contributed by atoms with van der Waals surface area (Å²) in [6.45, 7) is 5.15. The lowest BCUT2D eigenvalue weighted by molar-refractivity contribution is -0.144. The first-order chi connectivity index (χ1) is 12.8. The van der Waals surface area contributed by atoms with Crippen molar-refractivity contribution < 1.29 is 19.1 Å². The molecule has 1 aromatic carbocycles. The molecule has 0 atom stereocenters. The van der Waals surface area contributed by atoms with E-state index in [0.717, 1.165) is 25.9 Å². The van der Waals surface area contributed by atoms with Crippen LogP contribution in [0.2, 0.25) is 0 Å². The molecule has 1 fully saturated rings. The van der Waals surface area contributed by atoms with Crippen molar-refractivity contribution in [2.75, 3.05) is 30.8 Å². The van der Waals surface area contributed by atoms with Crippen molar-refractivity contribution in [3.8, 4) is 0 Å². The lowest BCUT2D eigenvalue weighted by Gasteiger charge is -2.31. The van der Waals surface area contributed by atoms with Crippen LogP contribution in [-0.4, -0.2) is 52.3 Å². The summed E-state index contributed by atoms with van der Waals surface area (Å²) in [5.74, 6) is -0.234. The minimum absolute atomic E-state index is 0.0813. The minimum atomic E-state index is -0.486. The van der Waals surface area contributed by atoms with Crippen LogP contribution in [0.15, 0.2) is 24.3 Å². The van der Waals surface area contributed by atoms with Crippen LogP contribution in [0.25, 0.3) is 0 Å². The lowest BCUT2D eigenvalue weighted by Crippen LogP contribution is -2.35. The van der Waals surface area contributed by atoms with Crippen molar-refractivity contribution in [1.82, 2.24) is 4.90 Å². The third-order valence-electron chi connectivity index (χ3n) is 4.27. The van der Waals surface area contributed by atoms with E-state index in [1.54, 1.807) is 24.3 Å². The van der Waals surface area contributed by atoms with Crippen molar-refractivity contribution in [3.63, 3.8) is 0 Å². The molecule has 0 unspecified atom stereocenters. The number of thiocarbonyl (C=S) groups is 1. The quantitative estimate of drug-likeness (QED) is 0.440. The van der Waals surface area contributed by atoms with Crippen LogP contribution in [0.1, 0.15) is 37.0 Å². The van der Waals surface area contributed by atoms with Gasteiger partial charge in [0.15, 0.2) is 12.4 Å². The van der Waals surface area contributed by atoms with Gasteiger partial charge in [0.2, 0.25) is 0 Å². The fourth-order valence-corrected chi connectivity index (χ4v) is 3.65. The van der Waals surface area contributed by atoms with Crippen molar-refractivity contribution in [2.45, 2.75) is 26.7 Å². The van der Waals surface area contributed by atoms with Gasteiger partial charge in [-0.1, -0.05) is 43.0 Å². The number of amides is 1. The van der Waals surface area contributed by atoms with Gasteiger partial charge in [-0.05, 0) is 37.8 Å². The van der Waals surface area contributed by atoms with Gasteiger partial charge in [-0.25, -0.2) is 0 Å². The zero-order valence-electron chi connectivity index (χ0n) is 15.5. The van der Waals surface area contributed by atoms with Crippen LogP contribution in [-0.2, 0) is 14.3 Å². The lowest BCUT2D eigenvalue weighted by atomic mass is 10.00. The number of ether oxygens (including phenoxy) is 1. The summed E-state index contributed by atoms with van der Waals surface area (Å²) in [7, 11) is 0. The molecule has 2 rings (SSSR count). The van der Waals surface area contributed by atoms with E-state index in [4.69, 9.17) is 17.0 Å². The predicted octanol–water partition coefficient (Wildman–Crippen LogP) is 3.12. The maximum Gasteiger partial charge on any atom is 0.316 e. The molecule has 1 aliphatic rings. The smallest absolute Gasteiger partial charge is 0.316 e. The Bertz CT molecular complexity index is 715. The van der Waals surface area contributed by atoms with Crippen molar-refractivity contribution in [2.24, 2.45) is 5.92 Å². The molecule has 0 saturated carbocycles. The van der Waals surface area contributed by atoms with Gasteiger partial charge in [0, 0.05) is 24.3 Å². The highest BCUT2D eigenvalue weighted by Gasteiger charge is 2.19. The normalized spacial score (nSPS) is 14.5. The molecule has 0 aromatic heterocycles. The molecule has 6 nitrogen and oxygen atoms in total. The largest absolute Gasteiger partial charge is 0.455 e. The number of hydrogen-bond acceptors (Lipinski definition) is 6. The van der Waals surface area contributed by atoms with Gasteiger partial charge in [-0.2, -0.15) is 0 Å². The number of nitrogens with one attached hydrogen (secondary N) is 1. The molecule has 1 aromatic rings. The molecular formula is C19H24N2O4S2. The number of esters is 1. The molecule has 1 amide bonds. The number of nitrogens with zero attached hydrogens (tertiary/aromatic N) is 1. The molecule has 1 aliphatic heterocycles. The number of carbonyl (C=O) groups is 3. The fourth-order valence-electron chi connectivity index (χ4n) is 2.60. The fraction of sp³-hybridized carbons (Fsp3) is 0.474. The number of anilines is 1. The Labute approximate surface area is 169 Å². The molecule has 27 heavy (non-hydrogen) atoms. The van der Waals surface area contributed by atoms with Gasteiger partial charge in [-0.15, -0.1) is 0 Å².